The van der Waals surface area contributed by atoms with Gasteiger partial charge in [-0.3, -0.25) is 0 Å². The largest absolute Gasteiger partial charge is 0.550 e. The number of hydrogen-bond donors (Lipinski definition) is 1. The number of carbonyl (C=O) groups excluding carboxylic acids is 1. The summed E-state index contributed by atoms with van der Waals surface area (Å²) in [5.41, 5.74) is -0.467. The number of carboxylic acids is 1. The van der Waals surface area contributed by atoms with Crippen LogP contribution in [0.15, 0.2) is 0 Å². The highest BCUT2D eigenvalue weighted by atomic mass is 16.4. The lowest BCUT2D eigenvalue weighted by Crippen LogP contribution is -2.47. The summed E-state index contributed by atoms with van der Waals surface area (Å²) in [5.74, 6) is 0.0760. The maximum atomic E-state index is 10.8. The number of aliphatic hydroxyl groups is 1. The van der Waals surface area contributed by atoms with Crippen LogP contribution >= 0.6 is 0 Å². The van der Waals surface area contributed by atoms with Crippen molar-refractivity contribution in [2.24, 2.45) is 23.2 Å². The van der Waals surface area contributed by atoms with Gasteiger partial charge in [0.15, 0.2) is 0 Å². The van der Waals surface area contributed by atoms with Gasteiger partial charge in [-0.05, 0) is 37.0 Å². The minimum absolute atomic E-state index is 0.0153. The molecule has 1 aliphatic carbocycles. The van der Waals surface area contributed by atoms with Crippen LogP contribution < -0.4 is 5.11 Å². The molecule has 0 bridgehead atoms. The lowest BCUT2D eigenvalue weighted by Gasteiger charge is -2.48. The predicted octanol–water partition coefficient (Wildman–Crippen LogP) is 0.807. The van der Waals surface area contributed by atoms with Crippen LogP contribution in [-0.2, 0) is 4.79 Å². The van der Waals surface area contributed by atoms with Crippen molar-refractivity contribution in [3.8, 4) is 0 Å². The van der Waals surface area contributed by atoms with Crippen LogP contribution in [-0.4, -0.2) is 17.7 Å². The van der Waals surface area contributed by atoms with Crippen molar-refractivity contribution >= 4 is 5.97 Å². The monoisotopic (exact) mass is 213 g/mol. The molecule has 0 saturated heterocycles. The normalized spacial score (nSPS) is 41.5. The van der Waals surface area contributed by atoms with E-state index in [0.29, 0.717) is 5.92 Å². The highest BCUT2D eigenvalue weighted by Crippen LogP contribution is 2.49. The van der Waals surface area contributed by atoms with Gasteiger partial charge in [-0.2, -0.15) is 0 Å². The van der Waals surface area contributed by atoms with Crippen molar-refractivity contribution in [2.45, 2.75) is 40.0 Å². The molecule has 0 aromatic rings. The van der Waals surface area contributed by atoms with Crippen LogP contribution in [0.2, 0.25) is 0 Å². The van der Waals surface area contributed by atoms with Crippen molar-refractivity contribution in [1.29, 1.82) is 0 Å². The average molecular weight is 213 g/mol. The first kappa shape index (κ1) is 12.5. The molecule has 88 valence electrons. The highest BCUT2D eigenvalue weighted by Gasteiger charge is 2.44. The zero-order valence-electron chi connectivity index (χ0n) is 9.82. The molecule has 15 heavy (non-hydrogen) atoms. The molecule has 1 rings (SSSR count). The third-order valence-electron chi connectivity index (χ3n) is 4.24. The Morgan fingerprint density at radius 2 is 1.80 bits per heavy atom. The van der Waals surface area contributed by atoms with Crippen molar-refractivity contribution < 1.29 is 15.0 Å². The van der Waals surface area contributed by atoms with Gasteiger partial charge in [0, 0.05) is 18.0 Å². The fourth-order valence-electron chi connectivity index (χ4n) is 3.24. The maximum Gasteiger partial charge on any atom is 0.0496 e. The second-order valence-electron chi connectivity index (χ2n) is 5.32. The number of carboxylic acid groups (broad SMARTS) is 1. The quantitative estimate of drug-likeness (QED) is 0.754. The molecule has 0 spiro atoms. The lowest BCUT2D eigenvalue weighted by molar-refractivity contribution is -0.310. The molecule has 3 nitrogen and oxygen atoms in total. The van der Waals surface area contributed by atoms with E-state index in [2.05, 4.69) is 6.92 Å². The van der Waals surface area contributed by atoms with Gasteiger partial charge >= 0.3 is 0 Å². The third-order valence-corrected chi connectivity index (χ3v) is 4.24. The number of rotatable bonds is 3. The van der Waals surface area contributed by atoms with Gasteiger partial charge in [-0.15, -0.1) is 0 Å². The molecule has 2 unspecified atom stereocenters. The highest BCUT2D eigenvalue weighted by molar-refractivity contribution is 5.65. The van der Waals surface area contributed by atoms with Crippen LogP contribution in [0.1, 0.15) is 40.0 Å². The summed E-state index contributed by atoms with van der Waals surface area (Å²) in [4.78, 5) is 10.8. The maximum absolute atomic E-state index is 10.8. The fourth-order valence-corrected chi connectivity index (χ4v) is 3.24. The van der Waals surface area contributed by atoms with E-state index in [1.165, 1.54) is 0 Å². The first-order valence-electron chi connectivity index (χ1n) is 5.73. The molecular formula is C12H21O3-. The number of aliphatic hydroxyl groups excluding tert-OH is 1. The fraction of sp³-hybridized carbons (Fsp3) is 0.917. The van der Waals surface area contributed by atoms with E-state index >= 15 is 0 Å². The Kier molecular flexibility index (Phi) is 3.77. The molecule has 0 amide bonds. The van der Waals surface area contributed by atoms with Crippen LogP contribution in [0.5, 0.6) is 0 Å². The third kappa shape index (κ3) is 2.33. The first-order valence-corrected chi connectivity index (χ1v) is 5.73. The van der Waals surface area contributed by atoms with Gasteiger partial charge < -0.3 is 15.0 Å². The summed E-state index contributed by atoms with van der Waals surface area (Å²) < 4.78 is 0. The van der Waals surface area contributed by atoms with E-state index < -0.39 is 11.4 Å². The lowest BCUT2D eigenvalue weighted by atomic mass is 9.58. The summed E-state index contributed by atoms with van der Waals surface area (Å²) in [5, 5.41) is 20.3. The van der Waals surface area contributed by atoms with Crippen molar-refractivity contribution in [2.75, 3.05) is 6.61 Å². The molecule has 0 aromatic heterocycles. The Balaban J connectivity index is 2.89. The van der Waals surface area contributed by atoms with Gasteiger partial charge in [-0.1, -0.05) is 20.8 Å². The Labute approximate surface area is 91.5 Å². The Hall–Kier alpha value is -0.570. The predicted molar refractivity (Wildman–Crippen MR) is 55.9 cm³/mol. The zero-order chi connectivity index (χ0) is 11.6. The van der Waals surface area contributed by atoms with Gasteiger partial charge in [0.25, 0.3) is 0 Å². The SMILES string of the molecule is CC1CC(C)C(CO)(CC(=O)[O-])C(C)C1. The van der Waals surface area contributed by atoms with Crippen LogP contribution in [0, 0.1) is 23.2 Å². The van der Waals surface area contributed by atoms with E-state index in [9.17, 15) is 15.0 Å². The topological polar surface area (TPSA) is 60.4 Å². The van der Waals surface area contributed by atoms with E-state index in [-0.39, 0.29) is 24.9 Å². The van der Waals surface area contributed by atoms with Crippen molar-refractivity contribution in [1.82, 2.24) is 0 Å². The molecule has 0 aliphatic heterocycles. The molecule has 2 atom stereocenters. The van der Waals surface area contributed by atoms with Crippen molar-refractivity contribution in [3.63, 3.8) is 0 Å². The van der Waals surface area contributed by atoms with E-state index in [1.54, 1.807) is 0 Å². The zero-order valence-corrected chi connectivity index (χ0v) is 9.82. The molecule has 0 heterocycles. The van der Waals surface area contributed by atoms with Crippen LogP contribution in [0.25, 0.3) is 0 Å². The number of hydrogen-bond acceptors (Lipinski definition) is 3. The Bertz CT molecular complexity index is 225. The Morgan fingerprint density at radius 1 is 1.33 bits per heavy atom. The summed E-state index contributed by atoms with van der Waals surface area (Å²) in [7, 11) is 0. The molecule has 0 aromatic carbocycles. The second kappa shape index (κ2) is 4.52. The summed E-state index contributed by atoms with van der Waals surface area (Å²) in [6, 6.07) is 0. The summed E-state index contributed by atoms with van der Waals surface area (Å²) in [6.45, 7) is 6.24. The average Bonchev–Trinajstić information content (AvgIpc) is 2.11. The second-order valence-corrected chi connectivity index (χ2v) is 5.32. The standard InChI is InChI=1S/C12H22O3/c1-8-4-9(2)12(7-13,6-11(14)15)10(3)5-8/h8-10,13H,4-7H2,1-3H3,(H,14,15)/p-1. The van der Waals surface area contributed by atoms with Gasteiger partial charge in [-0.25, -0.2) is 0 Å². The smallest absolute Gasteiger partial charge is 0.0496 e. The summed E-state index contributed by atoms with van der Waals surface area (Å²) >= 11 is 0. The van der Waals surface area contributed by atoms with Gasteiger partial charge in [0.2, 0.25) is 0 Å². The number of aliphatic carboxylic acids is 1. The van der Waals surface area contributed by atoms with Gasteiger partial charge in [0.05, 0.1) is 0 Å². The molecule has 1 fully saturated rings. The van der Waals surface area contributed by atoms with E-state index in [1.807, 2.05) is 13.8 Å². The van der Waals surface area contributed by atoms with Crippen LogP contribution in [0.4, 0.5) is 0 Å². The van der Waals surface area contributed by atoms with Crippen LogP contribution in [0.3, 0.4) is 0 Å². The minimum atomic E-state index is -1.04. The molecule has 0 radical (unpaired) electrons. The minimum Gasteiger partial charge on any atom is -0.550 e. The van der Waals surface area contributed by atoms with E-state index in [0.717, 1.165) is 12.8 Å². The number of carbonyl (C=O) groups is 1. The molecule has 1 saturated carbocycles. The molecule has 1 aliphatic rings. The Morgan fingerprint density at radius 3 is 2.13 bits per heavy atom. The molecular weight excluding hydrogens is 192 g/mol. The van der Waals surface area contributed by atoms with E-state index in [4.69, 9.17) is 0 Å². The molecule has 3 heteroatoms. The van der Waals surface area contributed by atoms with Crippen molar-refractivity contribution in [3.05, 3.63) is 0 Å². The summed E-state index contributed by atoms with van der Waals surface area (Å²) in [6.07, 6.45) is 1.98. The first-order chi connectivity index (χ1) is 6.92. The van der Waals surface area contributed by atoms with Gasteiger partial charge in [0.1, 0.15) is 0 Å². The molecule has 1 N–H and O–H groups in total.